The van der Waals surface area contributed by atoms with E-state index in [1.54, 1.807) is 0 Å². The summed E-state index contributed by atoms with van der Waals surface area (Å²) in [6.07, 6.45) is 7.90. The molecule has 0 amide bonds. The number of likely N-dealkylation sites (tertiary alicyclic amines) is 1. The van der Waals surface area contributed by atoms with Crippen LogP contribution < -0.4 is 10.2 Å². The van der Waals surface area contributed by atoms with Crippen LogP contribution in [0.4, 0.5) is 5.69 Å². The van der Waals surface area contributed by atoms with E-state index in [-0.39, 0.29) is 0 Å². The quantitative estimate of drug-likeness (QED) is 0.778. The molecule has 0 atom stereocenters. The highest BCUT2D eigenvalue weighted by Crippen LogP contribution is 2.23. The first-order valence-corrected chi connectivity index (χ1v) is 11.2. The Morgan fingerprint density at radius 3 is 2.34 bits per heavy atom. The number of anilines is 1. The number of piperazine rings is 1. The average Bonchev–Trinajstić information content (AvgIpc) is 3.24. The van der Waals surface area contributed by atoms with Crippen molar-refractivity contribution in [3.05, 3.63) is 36.7 Å². The Morgan fingerprint density at radius 2 is 1.66 bits per heavy atom. The molecule has 0 unspecified atom stereocenters. The van der Waals surface area contributed by atoms with Crippen molar-refractivity contribution in [2.75, 3.05) is 64.8 Å². The SMILES string of the molecule is CNC1CCN(CCCn2cc(-c3ccc(N4CCN(C)CC4)cc3)cn2)CC1. The number of hydrogen-bond donors (Lipinski definition) is 1. The molecule has 0 saturated carbocycles. The van der Waals surface area contributed by atoms with Crippen molar-refractivity contribution < 1.29 is 0 Å². The molecule has 1 aromatic heterocycles. The standard InChI is InChI=1S/C23H36N6/c1-24-22-8-12-27(13-9-22)10-3-11-29-19-21(18-25-29)20-4-6-23(7-5-20)28-16-14-26(2)15-17-28/h4-7,18-19,22,24H,3,8-17H2,1-2H3. The number of likely N-dealkylation sites (N-methyl/N-ethyl adjacent to an activating group) is 1. The van der Waals surface area contributed by atoms with Crippen LogP contribution >= 0.6 is 0 Å². The molecule has 0 bridgehead atoms. The van der Waals surface area contributed by atoms with E-state index >= 15 is 0 Å². The van der Waals surface area contributed by atoms with Crippen molar-refractivity contribution in [2.24, 2.45) is 0 Å². The van der Waals surface area contributed by atoms with Gasteiger partial charge in [0.05, 0.1) is 6.20 Å². The van der Waals surface area contributed by atoms with Crippen molar-refractivity contribution in [2.45, 2.75) is 31.8 Å². The first-order valence-electron chi connectivity index (χ1n) is 11.2. The third kappa shape index (κ3) is 5.38. The number of aromatic nitrogens is 2. The van der Waals surface area contributed by atoms with Gasteiger partial charge < -0.3 is 20.0 Å². The Balaban J connectivity index is 1.25. The minimum Gasteiger partial charge on any atom is -0.369 e. The molecular formula is C23H36N6. The van der Waals surface area contributed by atoms with Crippen LogP contribution in [0.2, 0.25) is 0 Å². The van der Waals surface area contributed by atoms with Gasteiger partial charge in [-0.25, -0.2) is 0 Å². The summed E-state index contributed by atoms with van der Waals surface area (Å²) in [5.74, 6) is 0. The molecule has 3 heterocycles. The summed E-state index contributed by atoms with van der Waals surface area (Å²) in [5, 5.41) is 8.00. The molecule has 2 fully saturated rings. The summed E-state index contributed by atoms with van der Waals surface area (Å²) in [6.45, 7) is 9.10. The summed E-state index contributed by atoms with van der Waals surface area (Å²) >= 11 is 0. The van der Waals surface area contributed by atoms with E-state index < -0.39 is 0 Å². The summed E-state index contributed by atoms with van der Waals surface area (Å²) in [6, 6.07) is 9.70. The number of nitrogens with zero attached hydrogens (tertiary/aromatic N) is 5. The molecule has 0 radical (unpaired) electrons. The molecular weight excluding hydrogens is 360 g/mol. The topological polar surface area (TPSA) is 39.6 Å². The number of aryl methyl sites for hydroxylation is 1. The highest BCUT2D eigenvalue weighted by atomic mass is 15.3. The Morgan fingerprint density at radius 1 is 0.931 bits per heavy atom. The highest BCUT2D eigenvalue weighted by Gasteiger charge is 2.17. The number of hydrogen-bond acceptors (Lipinski definition) is 5. The lowest BCUT2D eigenvalue weighted by molar-refractivity contribution is 0.196. The normalized spacial score (nSPS) is 19.7. The van der Waals surface area contributed by atoms with E-state index in [9.17, 15) is 0 Å². The van der Waals surface area contributed by atoms with Crippen LogP contribution in [0.15, 0.2) is 36.7 Å². The predicted molar refractivity (Wildman–Crippen MR) is 121 cm³/mol. The largest absolute Gasteiger partial charge is 0.369 e. The molecule has 2 aliphatic heterocycles. The van der Waals surface area contributed by atoms with Crippen LogP contribution in [0.25, 0.3) is 11.1 Å². The number of nitrogens with one attached hydrogen (secondary N) is 1. The summed E-state index contributed by atoms with van der Waals surface area (Å²) in [5.41, 5.74) is 3.80. The third-order valence-electron chi connectivity index (χ3n) is 6.56. The number of rotatable bonds is 7. The van der Waals surface area contributed by atoms with Gasteiger partial charge in [-0.05, 0) is 70.7 Å². The Hall–Kier alpha value is -1.89. The van der Waals surface area contributed by atoms with E-state index in [4.69, 9.17) is 0 Å². The fourth-order valence-electron chi connectivity index (χ4n) is 4.47. The first-order chi connectivity index (χ1) is 14.2. The molecule has 2 aliphatic rings. The molecule has 1 aromatic carbocycles. The minimum atomic E-state index is 0.711. The maximum atomic E-state index is 4.59. The average molecular weight is 397 g/mol. The molecule has 158 valence electrons. The molecule has 29 heavy (non-hydrogen) atoms. The lowest BCUT2D eigenvalue weighted by Gasteiger charge is -2.34. The van der Waals surface area contributed by atoms with E-state index in [0.29, 0.717) is 6.04 Å². The zero-order valence-electron chi connectivity index (χ0n) is 18.1. The van der Waals surface area contributed by atoms with E-state index in [1.807, 2.05) is 6.20 Å². The molecule has 2 saturated heterocycles. The smallest absolute Gasteiger partial charge is 0.0568 e. The minimum absolute atomic E-state index is 0.711. The van der Waals surface area contributed by atoms with Crippen molar-refractivity contribution in [3.8, 4) is 11.1 Å². The molecule has 0 spiro atoms. The summed E-state index contributed by atoms with van der Waals surface area (Å²) < 4.78 is 2.10. The van der Waals surface area contributed by atoms with Crippen molar-refractivity contribution in [3.63, 3.8) is 0 Å². The Labute approximate surface area is 175 Å². The monoisotopic (exact) mass is 396 g/mol. The molecule has 2 aromatic rings. The predicted octanol–water partition coefficient (Wildman–Crippen LogP) is 2.38. The Kier molecular flexibility index (Phi) is 6.85. The Bertz CT molecular complexity index is 739. The van der Waals surface area contributed by atoms with Gasteiger partial charge in [0.25, 0.3) is 0 Å². The van der Waals surface area contributed by atoms with Crippen LogP contribution in [0.1, 0.15) is 19.3 Å². The van der Waals surface area contributed by atoms with Gasteiger partial charge in [0.2, 0.25) is 0 Å². The van der Waals surface area contributed by atoms with E-state index in [0.717, 1.165) is 39.1 Å². The summed E-state index contributed by atoms with van der Waals surface area (Å²) in [4.78, 5) is 7.46. The van der Waals surface area contributed by atoms with Crippen LogP contribution in [0.5, 0.6) is 0 Å². The van der Waals surface area contributed by atoms with Crippen molar-refractivity contribution in [1.29, 1.82) is 0 Å². The van der Waals surface area contributed by atoms with Crippen LogP contribution in [-0.2, 0) is 6.54 Å². The van der Waals surface area contributed by atoms with Gasteiger partial charge in [-0.1, -0.05) is 12.1 Å². The zero-order chi connectivity index (χ0) is 20.1. The van der Waals surface area contributed by atoms with E-state index in [2.05, 4.69) is 74.4 Å². The van der Waals surface area contributed by atoms with Crippen molar-refractivity contribution in [1.82, 2.24) is 24.9 Å². The first kappa shape index (κ1) is 20.4. The molecule has 1 N–H and O–H groups in total. The zero-order valence-corrected chi connectivity index (χ0v) is 18.1. The fraction of sp³-hybridized carbons (Fsp3) is 0.609. The van der Waals surface area contributed by atoms with Gasteiger partial charge in [0, 0.05) is 56.2 Å². The second-order valence-electron chi connectivity index (χ2n) is 8.59. The van der Waals surface area contributed by atoms with Gasteiger partial charge >= 0.3 is 0 Å². The van der Waals surface area contributed by atoms with Gasteiger partial charge in [-0.3, -0.25) is 4.68 Å². The second kappa shape index (κ2) is 9.74. The number of piperidine rings is 1. The van der Waals surface area contributed by atoms with Crippen LogP contribution in [-0.4, -0.2) is 85.5 Å². The lowest BCUT2D eigenvalue weighted by atomic mass is 10.1. The van der Waals surface area contributed by atoms with Gasteiger partial charge in [0.15, 0.2) is 0 Å². The maximum Gasteiger partial charge on any atom is 0.0568 e. The lowest BCUT2D eigenvalue weighted by Crippen LogP contribution is -2.44. The molecule has 6 heteroatoms. The second-order valence-corrected chi connectivity index (χ2v) is 8.59. The third-order valence-corrected chi connectivity index (χ3v) is 6.56. The molecule has 6 nitrogen and oxygen atoms in total. The van der Waals surface area contributed by atoms with E-state index in [1.165, 1.54) is 49.3 Å². The van der Waals surface area contributed by atoms with Crippen LogP contribution in [0, 0.1) is 0 Å². The molecule has 0 aliphatic carbocycles. The summed E-state index contributed by atoms with van der Waals surface area (Å²) in [7, 11) is 4.28. The fourth-order valence-corrected chi connectivity index (χ4v) is 4.47. The van der Waals surface area contributed by atoms with Gasteiger partial charge in [-0.2, -0.15) is 5.10 Å². The van der Waals surface area contributed by atoms with Gasteiger partial charge in [-0.15, -0.1) is 0 Å². The maximum absolute atomic E-state index is 4.59. The molecule has 4 rings (SSSR count). The highest BCUT2D eigenvalue weighted by molar-refractivity contribution is 5.65. The van der Waals surface area contributed by atoms with Gasteiger partial charge in [0.1, 0.15) is 0 Å². The number of benzene rings is 1. The van der Waals surface area contributed by atoms with Crippen molar-refractivity contribution >= 4 is 5.69 Å². The van der Waals surface area contributed by atoms with Crippen LogP contribution in [0.3, 0.4) is 0 Å².